The van der Waals surface area contributed by atoms with Gasteiger partial charge in [-0.15, -0.1) is 11.3 Å². The Morgan fingerprint density at radius 2 is 2.29 bits per heavy atom. The van der Waals surface area contributed by atoms with E-state index in [9.17, 15) is 4.79 Å². The third-order valence-corrected chi connectivity index (χ3v) is 6.14. The van der Waals surface area contributed by atoms with E-state index < -0.39 is 5.91 Å². The quantitative estimate of drug-likeness (QED) is 0.585. The first-order chi connectivity index (χ1) is 13.5. The maximum atomic E-state index is 11.7. The highest BCUT2D eigenvalue weighted by Crippen LogP contribution is 2.37. The van der Waals surface area contributed by atoms with Crippen LogP contribution in [0.4, 0.5) is 11.5 Å². The Kier molecular flexibility index (Phi) is 5.34. The Labute approximate surface area is 171 Å². The minimum Gasteiger partial charge on any atom is -0.487 e. The lowest BCUT2D eigenvalue weighted by Gasteiger charge is -2.25. The summed E-state index contributed by atoms with van der Waals surface area (Å²) in [6, 6.07) is 5.45. The van der Waals surface area contributed by atoms with Gasteiger partial charge in [0.15, 0.2) is 0 Å². The predicted octanol–water partition coefficient (Wildman–Crippen LogP) is 3.63. The molecule has 2 aromatic heterocycles. The second kappa shape index (κ2) is 7.90. The molecule has 0 saturated carbocycles. The largest absolute Gasteiger partial charge is 0.487 e. The minimum atomic E-state index is -0.466. The number of anilines is 2. The number of fused-ring (bicyclic) bond motifs is 1. The van der Waals surface area contributed by atoms with Crippen LogP contribution in [-0.4, -0.2) is 35.1 Å². The van der Waals surface area contributed by atoms with Gasteiger partial charge in [0.25, 0.3) is 5.91 Å². The summed E-state index contributed by atoms with van der Waals surface area (Å²) in [5.74, 6) is 0.794. The van der Waals surface area contributed by atoms with E-state index in [1.54, 1.807) is 12.1 Å². The van der Waals surface area contributed by atoms with E-state index in [4.69, 9.17) is 22.1 Å². The van der Waals surface area contributed by atoms with Crippen molar-refractivity contribution in [1.82, 2.24) is 15.3 Å². The van der Waals surface area contributed by atoms with Crippen LogP contribution in [0.2, 0.25) is 5.02 Å². The fourth-order valence-corrected chi connectivity index (χ4v) is 4.49. The molecular formula is C19H20ClN5O2S. The van der Waals surface area contributed by atoms with Crippen LogP contribution in [-0.2, 0) is 0 Å². The van der Waals surface area contributed by atoms with Gasteiger partial charge in [0.1, 0.15) is 28.8 Å². The Hall–Kier alpha value is -2.42. The molecule has 1 saturated heterocycles. The second-order valence-electron chi connectivity index (χ2n) is 6.67. The molecule has 1 aliphatic heterocycles. The molecule has 1 fully saturated rings. The molecule has 1 aliphatic rings. The van der Waals surface area contributed by atoms with Gasteiger partial charge in [-0.05, 0) is 44.0 Å². The van der Waals surface area contributed by atoms with Crippen molar-refractivity contribution >= 4 is 50.6 Å². The van der Waals surface area contributed by atoms with Crippen molar-refractivity contribution in [2.45, 2.75) is 25.9 Å². The van der Waals surface area contributed by atoms with Crippen LogP contribution < -0.4 is 21.1 Å². The number of aromatic nitrogens is 2. The van der Waals surface area contributed by atoms with Gasteiger partial charge in [0, 0.05) is 17.6 Å². The van der Waals surface area contributed by atoms with Gasteiger partial charge in [0.2, 0.25) is 0 Å². The Morgan fingerprint density at radius 1 is 1.43 bits per heavy atom. The maximum absolute atomic E-state index is 11.7. The molecule has 3 aromatic rings. The number of nitrogens with two attached hydrogens (primary N) is 1. The number of rotatable bonds is 5. The van der Waals surface area contributed by atoms with Crippen molar-refractivity contribution < 1.29 is 9.53 Å². The van der Waals surface area contributed by atoms with Gasteiger partial charge in [-0.1, -0.05) is 11.6 Å². The number of piperidine rings is 1. The molecule has 1 atom stereocenters. The van der Waals surface area contributed by atoms with Crippen molar-refractivity contribution in [3.05, 3.63) is 40.0 Å². The first-order valence-electron chi connectivity index (χ1n) is 9.01. The number of nitrogens with one attached hydrogen (secondary N) is 2. The molecule has 28 heavy (non-hydrogen) atoms. The van der Waals surface area contributed by atoms with Crippen LogP contribution in [0, 0.1) is 6.92 Å². The number of amides is 1. The smallest absolute Gasteiger partial charge is 0.259 e. The van der Waals surface area contributed by atoms with E-state index in [1.165, 1.54) is 17.7 Å². The number of halogens is 1. The average Bonchev–Trinajstić information content (AvgIpc) is 3.03. The molecule has 0 aliphatic carbocycles. The number of ether oxygens (including phenoxy) is 1. The van der Waals surface area contributed by atoms with E-state index in [1.807, 2.05) is 13.0 Å². The summed E-state index contributed by atoms with van der Waals surface area (Å²) in [6.07, 6.45) is 3.61. The summed E-state index contributed by atoms with van der Waals surface area (Å²) >= 11 is 7.46. The molecule has 0 bridgehead atoms. The standard InChI is InChI=1S/C19H20ClN5O2S/c1-10-15-18(23-9-24-19(15)28-16(10)17(21)26)25-13-5-4-11(20)7-14(13)27-12-3-2-6-22-8-12/h4-5,7,9,12,22H,2-3,6,8H2,1H3,(H2,21,26)(H,23,24,25). The maximum Gasteiger partial charge on any atom is 0.259 e. The second-order valence-corrected chi connectivity index (χ2v) is 8.11. The van der Waals surface area contributed by atoms with Crippen LogP contribution in [0.15, 0.2) is 24.5 Å². The number of hydrogen-bond acceptors (Lipinski definition) is 7. The molecular weight excluding hydrogens is 398 g/mol. The fourth-order valence-electron chi connectivity index (χ4n) is 3.33. The molecule has 0 spiro atoms. The number of hydrogen-bond donors (Lipinski definition) is 3. The predicted molar refractivity (Wildman–Crippen MR) is 112 cm³/mol. The highest BCUT2D eigenvalue weighted by atomic mass is 35.5. The molecule has 4 N–H and O–H groups in total. The van der Waals surface area contributed by atoms with Gasteiger partial charge in [-0.3, -0.25) is 4.79 Å². The van der Waals surface area contributed by atoms with E-state index >= 15 is 0 Å². The SMILES string of the molecule is Cc1c(C(N)=O)sc2ncnc(Nc3ccc(Cl)cc3OC3CCCNC3)c12. The minimum absolute atomic E-state index is 0.0857. The summed E-state index contributed by atoms with van der Waals surface area (Å²) in [7, 11) is 0. The number of benzene rings is 1. The monoisotopic (exact) mass is 417 g/mol. The highest BCUT2D eigenvalue weighted by Gasteiger charge is 2.20. The number of nitrogens with zero attached hydrogens (tertiary/aromatic N) is 2. The lowest BCUT2D eigenvalue weighted by molar-refractivity contribution is 0.100. The molecule has 1 aromatic carbocycles. The van der Waals surface area contributed by atoms with Crippen molar-refractivity contribution in [2.24, 2.45) is 5.73 Å². The first kappa shape index (κ1) is 18.9. The van der Waals surface area contributed by atoms with Crippen molar-refractivity contribution in [3.8, 4) is 5.75 Å². The molecule has 9 heteroatoms. The van der Waals surface area contributed by atoms with Gasteiger partial charge < -0.3 is 21.1 Å². The molecule has 1 unspecified atom stereocenters. The van der Waals surface area contributed by atoms with Crippen molar-refractivity contribution in [3.63, 3.8) is 0 Å². The van der Waals surface area contributed by atoms with Crippen LogP contribution in [0.5, 0.6) is 5.75 Å². The summed E-state index contributed by atoms with van der Waals surface area (Å²) in [4.78, 5) is 21.5. The Morgan fingerprint density at radius 3 is 3.04 bits per heavy atom. The highest BCUT2D eigenvalue weighted by molar-refractivity contribution is 7.20. The molecule has 146 valence electrons. The Balaban J connectivity index is 1.70. The molecule has 7 nitrogen and oxygen atoms in total. The number of carbonyl (C=O) groups is 1. The molecule has 3 heterocycles. The number of aryl methyl sites for hydroxylation is 1. The molecule has 4 rings (SSSR count). The van der Waals surface area contributed by atoms with Crippen LogP contribution in [0.25, 0.3) is 10.2 Å². The first-order valence-corrected chi connectivity index (χ1v) is 10.2. The zero-order valence-electron chi connectivity index (χ0n) is 15.3. The number of thiophene rings is 1. The van der Waals surface area contributed by atoms with Crippen molar-refractivity contribution in [1.29, 1.82) is 0 Å². The zero-order valence-corrected chi connectivity index (χ0v) is 16.9. The van der Waals surface area contributed by atoms with Crippen LogP contribution >= 0.6 is 22.9 Å². The van der Waals surface area contributed by atoms with Crippen molar-refractivity contribution in [2.75, 3.05) is 18.4 Å². The third kappa shape index (κ3) is 3.76. The van der Waals surface area contributed by atoms with Crippen LogP contribution in [0.3, 0.4) is 0 Å². The molecule has 0 radical (unpaired) electrons. The van der Waals surface area contributed by atoms with Gasteiger partial charge in [0.05, 0.1) is 16.0 Å². The van der Waals surface area contributed by atoms with Gasteiger partial charge in [-0.25, -0.2) is 9.97 Å². The summed E-state index contributed by atoms with van der Waals surface area (Å²) < 4.78 is 6.20. The lowest BCUT2D eigenvalue weighted by atomic mass is 10.1. The lowest BCUT2D eigenvalue weighted by Crippen LogP contribution is -2.37. The summed E-state index contributed by atoms with van der Waals surface area (Å²) in [5.41, 5.74) is 7.01. The van der Waals surface area contributed by atoms with E-state index in [2.05, 4.69) is 20.6 Å². The van der Waals surface area contributed by atoms with Crippen LogP contribution in [0.1, 0.15) is 28.1 Å². The normalized spacial score (nSPS) is 16.9. The topological polar surface area (TPSA) is 102 Å². The third-order valence-electron chi connectivity index (χ3n) is 4.69. The summed E-state index contributed by atoms with van der Waals surface area (Å²) in [6.45, 7) is 3.66. The Bertz CT molecular complexity index is 1030. The fraction of sp³-hybridized carbons (Fsp3) is 0.316. The number of primary amides is 1. The number of carbonyl (C=O) groups excluding carboxylic acids is 1. The van der Waals surface area contributed by atoms with Gasteiger partial charge in [-0.2, -0.15) is 0 Å². The zero-order chi connectivity index (χ0) is 19.7. The summed E-state index contributed by atoms with van der Waals surface area (Å²) in [5, 5.41) is 8.04. The van der Waals surface area contributed by atoms with E-state index in [0.717, 1.165) is 42.6 Å². The van der Waals surface area contributed by atoms with Gasteiger partial charge >= 0.3 is 0 Å². The average molecular weight is 418 g/mol. The van der Waals surface area contributed by atoms with E-state index in [-0.39, 0.29) is 6.10 Å². The molecule has 1 amide bonds. The van der Waals surface area contributed by atoms with E-state index in [0.29, 0.717) is 26.3 Å².